The first-order chi connectivity index (χ1) is 21.9. The number of carbonyl (C=O) groups is 1. The van der Waals surface area contributed by atoms with Crippen molar-refractivity contribution in [3.63, 3.8) is 0 Å². The molecule has 2 N–H and O–H groups in total. The molecule has 2 aliphatic heterocycles. The number of allylic oxidation sites excluding steroid dienone is 1. The molecule has 5 nitrogen and oxygen atoms in total. The van der Waals surface area contributed by atoms with Crippen LogP contribution in [-0.2, 0) is 14.0 Å². The van der Waals surface area contributed by atoms with Crippen molar-refractivity contribution in [1.82, 2.24) is 5.32 Å². The molecule has 0 saturated carbocycles. The van der Waals surface area contributed by atoms with Crippen LogP contribution in [0.4, 0.5) is 0 Å². The van der Waals surface area contributed by atoms with Gasteiger partial charge in [0.25, 0.3) is 0 Å². The summed E-state index contributed by atoms with van der Waals surface area (Å²) in [6.07, 6.45) is 14.6. The van der Waals surface area contributed by atoms with Gasteiger partial charge in [0.05, 0.1) is 0 Å². The fourth-order valence-corrected chi connectivity index (χ4v) is 24.1. The summed E-state index contributed by atoms with van der Waals surface area (Å²) in [5, 5.41) is 15.1. The first-order valence-corrected chi connectivity index (χ1v) is 30.6. The van der Waals surface area contributed by atoms with Crippen LogP contribution in [0.5, 0.6) is 0 Å². The predicted octanol–water partition coefficient (Wildman–Crippen LogP) is 11.0. The van der Waals surface area contributed by atoms with Crippen molar-refractivity contribution in [2.45, 2.75) is 202 Å². The topological polar surface area (TPSA) is 67.8 Å². The molecule has 0 aromatic rings. The van der Waals surface area contributed by atoms with E-state index in [9.17, 15) is 9.90 Å². The molecular weight excluding hydrogens is 705 g/mol. The average Bonchev–Trinajstić information content (AvgIpc) is 3.01. The maximum absolute atomic E-state index is 13.2. The third kappa shape index (κ3) is 11.3. The molecule has 47 heavy (non-hydrogen) atoms. The molecule has 7 heteroatoms. The molecule has 1 amide bonds. The Labute approximate surface area is 297 Å². The van der Waals surface area contributed by atoms with Gasteiger partial charge in [0.1, 0.15) is 0 Å². The molecule has 0 aliphatic carbocycles. The Kier molecular flexibility index (Phi) is 17.6. The zero-order valence-electron chi connectivity index (χ0n) is 33.3. The summed E-state index contributed by atoms with van der Waals surface area (Å²) < 4.78 is 21.7. The van der Waals surface area contributed by atoms with Crippen molar-refractivity contribution >= 4 is 32.6 Å². The Morgan fingerprint density at radius 2 is 1.60 bits per heavy atom. The maximum atomic E-state index is 13.2. The van der Waals surface area contributed by atoms with E-state index in [1.807, 2.05) is 0 Å². The van der Waals surface area contributed by atoms with Crippen molar-refractivity contribution in [3.05, 3.63) is 10.2 Å². The number of aliphatic hydroxyl groups is 1. The van der Waals surface area contributed by atoms with Gasteiger partial charge in [0.15, 0.2) is 0 Å². The molecule has 2 rings (SSSR count). The number of unbranched alkanes of at least 4 members (excludes halogenated alkanes) is 3. The van der Waals surface area contributed by atoms with Crippen LogP contribution in [0.2, 0.25) is 31.4 Å². The fraction of sp³-hybridized carbons (Fsp3) is 0.925. The molecule has 0 bridgehead atoms. The molecule has 2 saturated heterocycles. The normalized spacial score (nSPS) is 30.6. The van der Waals surface area contributed by atoms with Crippen LogP contribution in [0, 0.1) is 29.6 Å². The van der Waals surface area contributed by atoms with Gasteiger partial charge in [-0.2, -0.15) is 0 Å². The molecule has 0 aromatic carbocycles. The quantitative estimate of drug-likeness (QED) is 0.128. The molecular formula is C40H79NO4SiSn. The summed E-state index contributed by atoms with van der Waals surface area (Å²) in [5.74, 6) is 0.376. The Morgan fingerprint density at radius 3 is 2.09 bits per heavy atom. The minimum atomic E-state index is -2.30. The zero-order chi connectivity index (χ0) is 35.6. The van der Waals surface area contributed by atoms with Crippen LogP contribution in [0.3, 0.4) is 0 Å². The molecule has 0 unspecified atom stereocenters. The third-order valence-corrected chi connectivity index (χ3v) is 31.7. The van der Waals surface area contributed by atoms with Gasteiger partial charge >= 0.3 is 275 Å². The molecule has 1 spiro atoms. The third-order valence-electron chi connectivity index (χ3n) is 12.9. The molecule has 2 aliphatic rings. The first kappa shape index (κ1) is 43.3. The van der Waals surface area contributed by atoms with Crippen LogP contribution in [0.25, 0.3) is 0 Å². The number of piperidine rings is 1. The SMILES string of the molecule is CCC[CH2][Sn](/[CH]=C/CC[C@H](C)[C@H](C[C@@H]1O[C@@]2(NC(=O)[C@@H](CC)C[C@@H]2C)[C@@H](C)[C@@H](O)[C@H]1C)O[Si](C)(C)C(C)(C)C)([CH2]CCC)[CH2]CCC. The summed E-state index contributed by atoms with van der Waals surface area (Å²) in [7, 11) is -2.07. The summed E-state index contributed by atoms with van der Waals surface area (Å²) in [4.78, 5) is 13.2. The second kappa shape index (κ2) is 19.1. The second-order valence-corrected chi connectivity index (χ2v) is 35.4. The van der Waals surface area contributed by atoms with Gasteiger partial charge in [-0.05, 0) is 6.42 Å². The minimum absolute atomic E-state index is 0.0124. The van der Waals surface area contributed by atoms with Gasteiger partial charge in [-0.15, -0.1) is 0 Å². The van der Waals surface area contributed by atoms with Crippen LogP contribution < -0.4 is 5.32 Å². The van der Waals surface area contributed by atoms with Crippen LogP contribution >= 0.6 is 0 Å². The number of amides is 1. The Bertz CT molecular complexity index is 945. The first-order valence-electron chi connectivity index (χ1n) is 20.0. The van der Waals surface area contributed by atoms with E-state index in [4.69, 9.17) is 9.16 Å². The molecule has 9 atom stereocenters. The van der Waals surface area contributed by atoms with Gasteiger partial charge in [-0.3, -0.25) is 4.79 Å². The Morgan fingerprint density at radius 1 is 1.04 bits per heavy atom. The monoisotopic (exact) mass is 785 g/mol. The molecule has 0 radical (unpaired) electrons. The summed E-state index contributed by atoms with van der Waals surface area (Å²) >= 11 is -2.30. The van der Waals surface area contributed by atoms with Gasteiger partial charge in [0, 0.05) is 5.92 Å². The molecule has 2 fully saturated rings. The van der Waals surface area contributed by atoms with Crippen molar-refractivity contribution < 1.29 is 19.1 Å². The van der Waals surface area contributed by atoms with Crippen LogP contribution in [0.15, 0.2) is 10.2 Å². The van der Waals surface area contributed by atoms with Gasteiger partial charge < -0.3 is 0 Å². The number of aliphatic hydroxyl groups excluding tert-OH is 1. The van der Waals surface area contributed by atoms with E-state index in [1.165, 1.54) is 51.8 Å². The molecule has 0 aromatic heterocycles. The Balaban J connectivity index is 2.33. The van der Waals surface area contributed by atoms with Crippen molar-refractivity contribution in [3.8, 4) is 0 Å². The number of hydrogen-bond donors (Lipinski definition) is 2. The van der Waals surface area contributed by atoms with Crippen molar-refractivity contribution in [2.24, 2.45) is 29.6 Å². The summed E-state index contributed by atoms with van der Waals surface area (Å²) in [6.45, 7) is 29.6. The summed E-state index contributed by atoms with van der Waals surface area (Å²) in [5.41, 5.74) is -0.835. The molecule has 276 valence electrons. The number of nitrogens with one attached hydrogen (secondary N) is 1. The van der Waals surface area contributed by atoms with E-state index in [1.54, 1.807) is 0 Å². The molecule has 2 heterocycles. The van der Waals surface area contributed by atoms with Gasteiger partial charge in [-0.1, -0.05) is 6.92 Å². The average molecular weight is 785 g/mol. The van der Waals surface area contributed by atoms with Crippen molar-refractivity contribution in [1.29, 1.82) is 0 Å². The van der Waals surface area contributed by atoms with E-state index in [2.05, 4.69) is 105 Å². The van der Waals surface area contributed by atoms with E-state index in [0.29, 0.717) is 5.92 Å². The number of ether oxygens (including phenoxy) is 1. The predicted molar refractivity (Wildman–Crippen MR) is 207 cm³/mol. The Hall–Kier alpha value is 0.106. The fourth-order valence-electron chi connectivity index (χ4n) is 8.11. The number of hydrogen-bond acceptors (Lipinski definition) is 4. The number of rotatable bonds is 19. The van der Waals surface area contributed by atoms with Crippen molar-refractivity contribution in [2.75, 3.05) is 0 Å². The number of carbonyl (C=O) groups excluding carboxylic acids is 1. The van der Waals surface area contributed by atoms with Crippen LogP contribution in [-0.4, -0.2) is 61.7 Å². The van der Waals surface area contributed by atoms with E-state index < -0.39 is 38.5 Å². The van der Waals surface area contributed by atoms with E-state index >= 15 is 0 Å². The van der Waals surface area contributed by atoms with Gasteiger partial charge in [-0.25, -0.2) is 0 Å². The second-order valence-electron chi connectivity index (χ2n) is 17.6. The van der Waals surface area contributed by atoms with E-state index in [-0.39, 0.29) is 46.8 Å². The summed E-state index contributed by atoms with van der Waals surface area (Å²) in [6, 6.07) is 0. The van der Waals surface area contributed by atoms with Gasteiger partial charge in [0.2, 0.25) is 0 Å². The standard InChI is InChI=1S/C28H52NO4Si.3C4H9.Sn/c1-12-14-15-18(3)23(33-34(10,11)27(7,8)9)17-24-20(5)25(30)21(6)28(32-24)19(4)16-22(13-2)26(31)29-28;3*1-3-4-2;/h1,12,18-25,30H,13-17H2,2-11H3,(H,29,31);3*1,3-4H2,2H3;/t18-,19-,20-,21-,22-,23-,24-,25-,28+;;;;/m0..../s1. The van der Waals surface area contributed by atoms with E-state index in [0.717, 1.165) is 32.1 Å². The van der Waals surface area contributed by atoms with Crippen LogP contribution in [0.1, 0.15) is 147 Å². The zero-order valence-corrected chi connectivity index (χ0v) is 37.2.